The minimum atomic E-state index is 0.262. The standard InChI is InChI=1S/C12H23N3O/c1-13-9-11(16)15-8-5-12(10-15)3-6-14(2)7-4-12/h13H,3-10H2,1-2H3. The molecule has 0 aromatic carbocycles. The molecular formula is C12H23N3O. The molecule has 4 nitrogen and oxygen atoms in total. The zero-order valence-corrected chi connectivity index (χ0v) is 10.5. The van der Waals surface area contributed by atoms with E-state index in [1.165, 1.54) is 32.4 Å². The lowest BCUT2D eigenvalue weighted by atomic mass is 9.78. The van der Waals surface area contributed by atoms with Crippen LogP contribution in [0.25, 0.3) is 0 Å². The van der Waals surface area contributed by atoms with E-state index in [2.05, 4.69) is 17.3 Å². The zero-order chi connectivity index (χ0) is 11.6. The molecule has 0 aliphatic carbocycles. The number of nitrogens with zero attached hydrogens (tertiary/aromatic N) is 2. The number of likely N-dealkylation sites (tertiary alicyclic amines) is 2. The number of hydrogen-bond donors (Lipinski definition) is 1. The molecule has 0 saturated carbocycles. The van der Waals surface area contributed by atoms with Crippen LogP contribution in [0, 0.1) is 5.41 Å². The van der Waals surface area contributed by atoms with Gasteiger partial charge < -0.3 is 15.1 Å². The van der Waals surface area contributed by atoms with Gasteiger partial charge in [-0.2, -0.15) is 0 Å². The number of likely N-dealkylation sites (N-methyl/N-ethyl adjacent to an activating group) is 1. The molecule has 0 radical (unpaired) electrons. The van der Waals surface area contributed by atoms with Crippen LogP contribution in [0.2, 0.25) is 0 Å². The second-order valence-corrected chi connectivity index (χ2v) is 5.40. The Labute approximate surface area is 98.0 Å². The maximum Gasteiger partial charge on any atom is 0.236 e. The number of hydrogen-bond acceptors (Lipinski definition) is 3. The lowest BCUT2D eigenvalue weighted by Crippen LogP contribution is -2.42. The molecule has 0 unspecified atom stereocenters. The second kappa shape index (κ2) is 4.72. The van der Waals surface area contributed by atoms with Gasteiger partial charge in [-0.25, -0.2) is 0 Å². The Bertz CT molecular complexity index is 259. The van der Waals surface area contributed by atoms with Gasteiger partial charge in [0.2, 0.25) is 5.91 Å². The fourth-order valence-electron chi connectivity index (χ4n) is 2.91. The van der Waals surface area contributed by atoms with Gasteiger partial charge in [0, 0.05) is 13.1 Å². The molecule has 2 saturated heterocycles. The van der Waals surface area contributed by atoms with Crippen molar-refractivity contribution in [1.82, 2.24) is 15.1 Å². The Hall–Kier alpha value is -0.610. The lowest BCUT2D eigenvalue weighted by Gasteiger charge is -2.37. The second-order valence-electron chi connectivity index (χ2n) is 5.40. The van der Waals surface area contributed by atoms with Crippen LogP contribution in [0.4, 0.5) is 0 Å². The summed E-state index contributed by atoms with van der Waals surface area (Å²) in [4.78, 5) is 16.2. The summed E-state index contributed by atoms with van der Waals surface area (Å²) in [5, 5.41) is 2.94. The van der Waals surface area contributed by atoms with Gasteiger partial charge in [0.05, 0.1) is 6.54 Å². The number of rotatable bonds is 2. The van der Waals surface area contributed by atoms with Crippen LogP contribution in [0.3, 0.4) is 0 Å². The van der Waals surface area contributed by atoms with Gasteiger partial charge in [0.1, 0.15) is 0 Å². The van der Waals surface area contributed by atoms with Crippen molar-refractivity contribution in [3.8, 4) is 0 Å². The van der Waals surface area contributed by atoms with E-state index in [-0.39, 0.29) is 5.91 Å². The molecule has 4 heteroatoms. The Morgan fingerprint density at radius 3 is 2.50 bits per heavy atom. The highest BCUT2D eigenvalue weighted by Gasteiger charge is 2.41. The van der Waals surface area contributed by atoms with Crippen molar-refractivity contribution in [2.45, 2.75) is 19.3 Å². The summed E-state index contributed by atoms with van der Waals surface area (Å²) in [6.45, 7) is 4.81. The van der Waals surface area contributed by atoms with E-state index in [4.69, 9.17) is 0 Å². The topological polar surface area (TPSA) is 35.6 Å². The summed E-state index contributed by atoms with van der Waals surface area (Å²) < 4.78 is 0. The number of amides is 1. The molecule has 2 rings (SSSR count). The number of carbonyl (C=O) groups is 1. The molecular weight excluding hydrogens is 202 g/mol. The first-order valence-electron chi connectivity index (χ1n) is 6.26. The average molecular weight is 225 g/mol. The van der Waals surface area contributed by atoms with Crippen molar-refractivity contribution in [2.24, 2.45) is 5.41 Å². The molecule has 2 aliphatic heterocycles. The summed E-state index contributed by atoms with van der Waals surface area (Å²) in [5.41, 5.74) is 0.440. The summed E-state index contributed by atoms with van der Waals surface area (Å²) in [7, 11) is 4.02. The number of nitrogens with one attached hydrogen (secondary N) is 1. The third-order valence-corrected chi connectivity index (χ3v) is 4.17. The van der Waals surface area contributed by atoms with Crippen molar-refractivity contribution in [3.63, 3.8) is 0 Å². The Kier molecular flexibility index (Phi) is 3.50. The predicted octanol–water partition coefficient (Wildman–Crippen LogP) is 0.150. The van der Waals surface area contributed by atoms with E-state index < -0.39 is 0 Å². The van der Waals surface area contributed by atoms with E-state index in [0.717, 1.165) is 13.1 Å². The normalized spacial score (nSPS) is 25.2. The third-order valence-electron chi connectivity index (χ3n) is 4.17. The molecule has 0 aromatic heterocycles. The fraction of sp³-hybridized carbons (Fsp3) is 0.917. The van der Waals surface area contributed by atoms with Crippen molar-refractivity contribution in [2.75, 3.05) is 46.8 Å². The average Bonchev–Trinajstić information content (AvgIpc) is 2.68. The van der Waals surface area contributed by atoms with E-state index in [0.29, 0.717) is 12.0 Å². The smallest absolute Gasteiger partial charge is 0.236 e. The summed E-state index contributed by atoms with van der Waals surface area (Å²) >= 11 is 0. The van der Waals surface area contributed by atoms with E-state index >= 15 is 0 Å². The van der Waals surface area contributed by atoms with Gasteiger partial charge in [0.15, 0.2) is 0 Å². The van der Waals surface area contributed by atoms with Crippen LogP contribution < -0.4 is 5.32 Å². The SMILES string of the molecule is CNCC(=O)N1CCC2(CCN(C)CC2)C1. The molecule has 16 heavy (non-hydrogen) atoms. The monoisotopic (exact) mass is 225 g/mol. The first-order chi connectivity index (χ1) is 7.65. The van der Waals surface area contributed by atoms with Gasteiger partial charge in [-0.05, 0) is 51.9 Å². The van der Waals surface area contributed by atoms with Crippen molar-refractivity contribution in [3.05, 3.63) is 0 Å². The summed E-state index contributed by atoms with van der Waals surface area (Å²) in [5.74, 6) is 0.262. The fourth-order valence-corrected chi connectivity index (χ4v) is 2.91. The van der Waals surface area contributed by atoms with Gasteiger partial charge >= 0.3 is 0 Å². The molecule has 2 heterocycles. The lowest BCUT2D eigenvalue weighted by molar-refractivity contribution is -0.129. The molecule has 1 spiro atoms. The van der Waals surface area contributed by atoms with E-state index in [1.807, 2.05) is 11.9 Å². The van der Waals surface area contributed by atoms with E-state index in [1.54, 1.807) is 0 Å². The minimum absolute atomic E-state index is 0.262. The molecule has 0 bridgehead atoms. The van der Waals surface area contributed by atoms with Crippen LogP contribution in [-0.2, 0) is 4.79 Å². The van der Waals surface area contributed by atoms with Crippen LogP contribution >= 0.6 is 0 Å². The first kappa shape index (κ1) is 11.9. The summed E-state index contributed by atoms with van der Waals surface area (Å²) in [6, 6.07) is 0. The van der Waals surface area contributed by atoms with Crippen molar-refractivity contribution >= 4 is 5.91 Å². The van der Waals surface area contributed by atoms with Crippen molar-refractivity contribution in [1.29, 1.82) is 0 Å². The van der Waals surface area contributed by atoms with E-state index in [9.17, 15) is 4.79 Å². The number of carbonyl (C=O) groups excluding carboxylic acids is 1. The predicted molar refractivity (Wildman–Crippen MR) is 64.3 cm³/mol. The number of piperidine rings is 1. The molecule has 2 fully saturated rings. The van der Waals surface area contributed by atoms with Crippen LogP contribution in [0.1, 0.15) is 19.3 Å². The molecule has 2 aliphatic rings. The van der Waals surface area contributed by atoms with Crippen LogP contribution in [-0.4, -0.2) is 62.5 Å². The molecule has 1 N–H and O–H groups in total. The third kappa shape index (κ3) is 2.38. The van der Waals surface area contributed by atoms with Gasteiger partial charge in [-0.3, -0.25) is 4.79 Å². The Morgan fingerprint density at radius 2 is 1.88 bits per heavy atom. The quantitative estimate of drug-likeness (QED) is 0.726. The minimum Gasteiger partial charge on any atom is -0.341 e. The molecule has 0 aromatic rings. The largest absolute Gasteiger partial charge is 0.341 e. The van der Waals surface area contributed by atoms with Gasteiger partial charge in [0.25, 0.3) is 0 Å². The van der Waals surface area contributed by atoms with Crippen molar-refractivity contribution < 1.29 is 4.79 Å². The molecule has 0 atom stereocenters. The van der Waals surface area contributed by atoms with Crippen LogP contribution in [0.5, 0.6) is 0 Å². The maximum atomic E-state index is 11.8. The highest BCUT2D eigenvalue weighted by Crippen LogP contribution is 2.39. The van der Waals surface area contributed by atoms with Crippen LogP contribution in [0.15, 0.2) is 0 Å². The molecule has 92 valence electrons. The Balaban J connectivity index is 1.89. The summed E-state index contributed by atoms with van der Waals surface area (Å²) in [6.07, 6.45) is 3.72. The maximum absolute atomic E-state index is 11.8. The van der Waals surface area contributed by atoms with Gasteiger partial charge in [-0.1, -0.05) is 0 Å². The molecule has 1 amide bonds. The highest BCUT2D eigenvalue weighted by atomic mass is 16.2. The highest BCUT2D eigenvalue weighted by molar-refractivity contribution is 5.78. The Morgan fingerprint density at radius 1 is 1.25 bits per heavy atom. The zero-order valence-electron chi connectivity index (χ0n) is 10.5. The van der Waals surface area contributed by atoms with Gasteiger partial charge in [-0.15, -0.1) is 0 Å². The first-order valence-corrected chi connectivity index (χ1v) is 6.26.